The van der Waals surface area contributed by atoms with Crippen LogP contribution in [0.4, 0.5) is 5.69 Å². The molecule has 0 saturated heterocycles. The van der Waals surface area contributed by atoms with Crippen LogP contribution in [-0.4, -0.2) is 33.7 Å². The van der Waals surface area contributed by atoms with E-state index < -0.39 is 0 Å². The van der Waals surface area contributed by atoms with Gasteiger partial charge in [-0.1, -0.05) is 11.6 Å². The molecule has 0 spiro atoms. The van der Waals surface area contributed by atoms with Gasteiger partial charge in [-0.2, -0.15) is 0 Å². The zero-order valence-electron chi connectivity index (χ0n) is 9.96. The molecule has 0 saturated carbocycles. The lowest BCUT2D eigenvalue weighted by Crippen LogP contribution is -2.26. The highest BCUT2D eigenvalue weighted by molar-refractivity contribution is 6.32. The zero-order chi connectivity index (χ0) is 12.8. The van der Waals surface area contributed by atoms with E-state index in [1.54, 1.807) is 19.2 Å². The zero-order valence-corrected chi connectivity index (χ0v) is 10.7. The summed E-state index contributed by atoms with van der Waals surface area (Å²) in [6.07, 6.45) is 0. The van der Waals surface area contributed by atoms with Gasteiger partial charge in [0.2, 0.25) is 5.91 Å². The molecular formula is C11H15ClN2O3. The maximum Gasteiger partial charge on any atom is 0.239 e. The fourth-order valence-corrected chi connectivity index (χ4v) is 1.49. The number of benzene rings is 1. The molecule has 6 heteroatoms. The average molecular weight is 259 g/mol. The number of likely N-dealkylation sites (N-methyl/N-ethyl adjacent to an activating group) is 1. The summed E-state index contributed by atoms with van der Waals surface area (Å²) < 4.78 is 10.2. The topological polar surface area (TPSA) is 59.6 Å². The van der Waals surface area contributed by atoms with Crippen LogP contribution in [0.3, 0.4) is 0 Å². The molecular weight excluding hydrogens is 244 g/mol. The highest BCUT2D eigenvalue weighted by Crippen LogP contribution is 2.35. The Morgan fingerprint density at radius 2 is 1.94 bits per heavy atom. The smallest absolute Gasteiger partial charge is 0.239 e. The van der Waals surface area contributed by atoms with Gasteiger partial charge in [-0.3, -0.25) is 4.79 Å². The molecule has 0 aliphatic carbocycles. The van der Waals surface area contributed by atoms with Crippen molar-refractivity contribution in [1.29, 1.82) is 0 Å². The quantitative estimate of drug-likeness (QED) is 0.841. The van der Waals surface area contributed by atoms with Gasteiger partial charge < -0.3 is 20.1 Å². The van der Waals surface area contributed by atoms with Gasteiger partial charge in [0, 0.05) is 19.2 Å². The third-order valence-electron chi connectivity index (χ3n) is 2.19. The summed E-state index contributed by atoms with van der Waals surface area (Å²) in [6, 6.07) is 3.32. The largest absolute Gasteiger partial charge is 0.495 e. The summed E-state index contributed by atoms with van der Waals surface area (Å²) in [5.74, 6) is 0.951. The maximum absolute atomic E-state index is 11.1. The van der Waals surface area contributed by atoms with Gasteiger partial charge in [0.1, 0.15) is 11.5 Å². The molecule has 0 fully saturated rings. The van der Waals surface area contributed by atoms with Gasteiger partial charge in [-0.05, 0) is 0 Å². The number of nitrogens with one attached hydrogen (secondary N) is 2. The minimum Gasteiger partial charge on any atom is -0.495 e. The molecule has 2 N–H and O–H groups in total. The number of carbonyl (C=O) groups excluding carboxylic acids is 1. The van der Waals surface area contributed by atoms with E-state index in [-0.39, 0.29) is 12.5 Å². The molecule has 94 valence electrons. The van der Waals surface area contributed by atoms with Crippen molar-refractivity contribution in [2.24, 2.45) is 0 Å². The second-order valence-electron chi connectivity index (χ2n) is 3.21. The molecule has 0 aliphatic heterocycles. The first-order chi connectivity index (χ1) is 8.12. The molecule has 0 aliphatic rings. The van der Waals surface area contributed by atoms with E-state index in [9.17, 15) is 4.79 Å². The van der Waals surface area contributed by atoms with E-state index in [0.717, 1.165) is 0 Å². The van der Waals surface area contributed by atoms with Crippen molar-refractivity contribution in [3.05, 3.63) is 17.2 Å². The summed E-state index contributed by atoms with van der Waals surface area (Å²) in [4.78, 5) is 11.1. The van der Waals surface area contributed by atoms with Crippen molar-refractivity contribution < 1.29 is 14.3 Å². The normalized spacial score (nSPS) is 9.65. The molecule has 0 unspecified atom stereocenters. The fourth-order valence-electron chi connectivity index (χ4n) is 1.26. The van der Waals surface area contributed by atoms with E-state index >= 15 is 0 Å². The standard InChI is InChI=1S/C11H15ClN2O3/c1-13-11(15)6-14-8-5-9(16-2)7(12)4-10(8)17-3/h4-5,14H,6H2,1-3H3,(H,13,15). The third-order valence-corrected chi connectivity index (χ3v) is 2.49. The van der Waals surface area contributed by atoms with E-state index in [4.69, 9.17) is 21.1 Å². The average Bonchev–Trinajstić information content (AvgIpc) is 2.36. The van der Waals surface area contributed by atoms with Crippen molar-refractivity contribution in [2.45, 2.75) is 0 Å². The monoisotopic (exact) mass is 258 g/mol. The van der Waals surface area contributed by atoms with Crippen LogP contribution in [0.2, 0.25) is 5.02 Å². The predicted molar refractivity (Wildman–Crippen MR) is 67.1 cm³/mol. The summed E-state index contributed by atoms with van der Waals surface area (Å²) in [5, 5.41) is 5.91. The Bertz CT molecular complexity index is 410. The Morgan fingerprint density at radius 3 is 2.47 bits per heavy atom. The molecule has 17 heavy (non-hydrogen) atoms. The highest BCUT2D eigenvalue weighted by atomic mass is 35.5. The Morgan fingerprint density at radius 1 is 1.29 bits per heavy atom. The second kappa shape index (κ2) is 6.20. The van der Waals surface area contributed by atoms with E-state index in [1.165, 1.54) is 14.2 Å². The molecule has 1 aromatic rings. The second-order valence-corrected chi connectivity index (χ2v) is 3.62. The maximum atomic E-state index is 11.1. The molecule has 5 nitrogen and oxygen atoms in total. The van der Waals surface area contributed by atoms with E-state index in [1.807, 2.05) is 0 Å². The number of ether oxygens (including phenoxy) is 2. The Kier molecular flexibility index (Phi) is 4.90. The van der Waals surface area contributed by atoms with Crippen molar-refractivity contribution in [2.75, 3.05) is 33.1 Å². The predicted octanol–water partition coefficient (Wildman–Crippen LogP) is 1.52. The number of rotatable bonds is 5. The minimum absolute atomic E-state index is 0.124. The Balaban J connectivity index is 2.92. The summed E-state index contributed by atoms with van der Waals surface area (Å²) in [6.45, 7) is 0.150. The molecule has 1 aromatic carbocycles. The molecule has 1 rings (SSSR count). The highest BCUT2D eigenvalue weighted by Gasteiger charge is 2.10. The number of hydrogen-bond donors (Lipinski definition) is 2. The summed E-state index contributed by atoms with van der Waals surface area (Å²) in [5.41, 5.74) is 0.650. The number of methoxy groups -OCH3 is 2. The third kappa shape index (κ3) is 3.42. The lowest BCUT2D eigenvalue weighted by Gasteiger charge is -2.13. The SMILES string of the molecule is CNC(=O)CNc1cc(OC)c(Cl)cc1OC. The first-order valence-electron chi connectivity index (χ1n) is 4.98. The van der Waals surface area contributed by atoms with Crippen molar-refractivity contribution in [3.8, 4) is 11.5 Å². The fraction of sp³-hybridized carbons (Fsp3) is 0.364. The van der Waals surface area contributed by atoms with Crippen LogP contribution in [0.1, 0.15) is 0 Å². The lowest BCUT2D eigenvalue weighted by molar-refractivity contribution is -0.118. The summed E-state index contributed by atoms with van der Waals surface area (Å²) >= 11 is 5.96. The number of halogens is 1. The Hall–Kier alpha value is -1.62. The van der Waals surface area contributed by atoms with Crippen LogP contribution in [0.5, 0.6) is 11.5 Å². The molecule has 0 aromatic heterocycles. The lowest BCUT2D eigenvalue weighted by atomic mass is 10.2. The first kappa shape index (κ1) is 13.4. The van der Waals surface area contributed by atoms with Gasteiger partial charge in [0.25, 0.3) is 0 Å². The number of hydrogen-bond acceptors (Lipinski definition) is 4. The van der Waals surface area contributed by atoms with Gasteiger partial charge >= 0.3 is 0 Å². The van der Waals surface area contributed by atoms with Gasteiger partial charge in [0.15, 0.2) is 0 Å². The molecule has 0 bridgehead atoms. The van der Waals surface area contributed by atoms with Gasteiger partial charge in [0.05, 0.1) is 31.5 Å². The van der Waals surface area contributed by atoms with Gasteiger partial charge in [-0.15, -0.1) is 0 Å². The summed E-state index contributed by atoms with van der Waals surface area (Å²) in [7, 11) is 4.63. The molecule has 1 amide bonds. The molecule has 0 radical (unpaired) electrons. The molecule has 0 atom stereocenters. The van der Waals surface area contributed by atoms with Crippen LogP contribution in [0.25, 0.3) is 0 Å². The number of anilines is 1. The van der Waals surface area contributed by atoms with E-state index in [2.05, 4.69) is 10.6 Å². The van der Waals surface area contributed by atoms with Crippen LogP contribution in [-0.2, 0) is 4.79 Å². The van der Waals surface area contributed by atoms with Crippen LogP contribution < -0.4 is 20.1 Å². The van der Waals surface area contributed by atoms with E-state index in [0.29, 0.717) is 22.2 Å². The number of carbonyl (C=O) groups is 1. The minimum atomic E-state index is -0.124. The van der Waals surface area contributed by atoms with Gasteiger partial charge in [-0.25, -0.2) is 0 Å². The van der Waals surface area contributed by atoms with Crippen LogP contribution in [0, 0.1) is 0 Å². The number of amides is 1. The van der Waals surface area contributed by atoms with Crippen LogP contribution >= 0.6 is 11.6 Å². The molecule has 0 heterocycles. The van der Waals surface area contributed by atoms with Crippen molar-refractivity contribution in [3.63, 3.8) is 0 Å². The first-order valence-corrected chi connectivity index (χ1v) is 5.36. The van der Waals surface area contributed by atoms with Crippen LogP contribution in [0.15, 0.2) is 12.1 Å². The Labute approximate surface area is 105 Å². The van der Waals surface area contributed by atoms with Crippen molar-refractivity contribution in [1.82, 2.24) is 5.32 Å². The van der Waals surface area contributed by atoms with Crippen molar-refractivity contribution >= 4 is 23.2 Å².